The van der Waals surface area contributed by atoms with Gasteiger partial charge in [-0.15, -0.1) is 5.10 Å². The molecule has 1 heterocycles. The molecule has 5 heteroatoms. The number of carbonyl (C=O) groups is 1. The molecule has 0 bridgehead atoms. The fourth-order valence-corrected chi connectivity index (χ4v) is 1.61. The number of rotatable bonds is 3. The average Bonchev–Trinajstić information content (AvgIpc) is 2.71. The summed E-state index contributed by atoms with van der Waals surface area (Å²) in [5, 5.41) is 7.62. The molecule has 1 aromatic heterocycles. The normalized spacial score (nSPS) is 10.5. The van der Waals surface area contributed by atoms with Crippen molar-refractivity contribution in [2.75, 3.05) is 0 Å². The average molecular weight is 233 g/mol. The van der Waals surface area contributed by atoms with Crippen LogP contribution in [0, 0.1) is 12.7 Å². The minimum atomic E-state index is -0.393. The number of hydrogen-bond acceptors (Lipinski definition) is 3. The number of halogens is 1. The fraction of sp³-hybridized carbons (Fsp3) is 0.250. The Morgan fingerprint density at radius 1 is 1.41 bits per heavy atom. The van der Waals surface area contributed by atoms with E-state index in [9.17, 15) is 9.18 Å². The molecule has 2 rings (SSSR count). The molecule has 0 aliphatic rings. The number of carbonyl (C=O) groups excluding carboxylic acids is 1. The van der Waals surface area contributed by atoms with Crippen molar-refractivity contribution in [1.82, 2.24) is 15.0 Å². The van der Waals surface area contributed by atoms with Gasteiger partial charge >= 0.3 is 0 Å². The molecule has 0 N–H and O–H groups in total. The first-order valence-corrected chi connectivity index (χ1v) is 5.35. The zero-order chi connectivity index (χ0) is 12.4. The molecule has 2 aromatic rings. The first-order valence-electron chi connectivity index (χ1n) is 5.35. The maximum atomic E-state index is 13.6. The third-order valence-corrected chi connectivity index (χ3v) is 2.56. The Hall–Kier alpha value is -2.04. The maximum Gasteiger partial charge on any atom is 0.184 e. The lowest BCUT2D eigenvalue weighted by Crippen LogP contribution is -2.04. The highest BCUT2D eigenvalue weighted by molar-refractivity contribution is 5.94. The molecule has 4 nitrogen and oxygen atoms in total. The van der Waals surface area contributed by atoms with Gasteiger partial charge in [0.25, 0.3) is 0 Å². The molecule has 0 saturated carbocycles. The molecule has 17 heavy (non-hydrogen) atoms. The summed E-state index contributed by atoms with van der Waals surface area (Å²) < 4.78 is 14.9. The highest BCUT2D eigenvalue weighted by atomic mass is 19.1. The van der Waals surface area contributed by atoms with Crippen molar-refractivity contribution < 1.29 is 9.18 Å². The summed E-state index contributed by atoms with van der Waals surface area (Å²) in [6.07, 6.45) is 0.358. The van der Waals surface area contributed by atoms with Gasteiger partial charge in [-0.2, -0.15) is 0 Å². The Balaban J connectivity index is 2.52. The summed E-state index contributed by atoms with van der Waals surface area (Å²) in [7, 11) is 0. The van der Waals surface area contributed by atoms with E-state index >= 15 is 0 Å². The third-order valence-electron chi connectivity index (χ3n) is 2.56. The second kappa shape index (κ2) is 4.45. The van der Waals surface area contributed by atoms with Gasteiger partial charge in [0.2, 0.25) is 0 Å². The van der Waals surface area contributed by atoms with E-state index in [0.717, 1.165) is 0 Å². The number of nitrogens with zero attached hydrogens (tertiary/aromatic N) is 3. The zero-order valence-electron chi connectivity index (χ0n) is 9.64. The standard InChI is InChI=1S/C12H12FN3O/c1-3-11(17)12-8(2)16(15-14-12)10-7-5-4-6-9(10)13/h4-7H,3H2,1-2H3. The Kier molecular flexibility index (Phi) is 2.99. The molecule has 0 aliphatic carbocycles. The molecule has 1 aromatic carbocycles. The number of aromatic nitrogens is 3. The van der Waals surface area contributed by atoms with Crippen LogP contribution in [0.3, 0.4) is 0 Å². The highest BCUT2D eigenvalue weighted by Gasteiger charge is 2.16. The van der Waals surface area contributed by atoms with Crippen LogP contribution in [0.25, 0.3) is 5.69 Å². The summed E-state index contributed by atoms with van der Waals surface area (Å²) in [5.74, 6) is -0.485. The first-order chi connectivity index (χ1) is 8.15. The van der Waals surface area contributed by atoms with Crippen LogP contribution in [0.2, 0.25) is 0 Å². The lowest BCUT2D eigenvalue weighted by Gasteiger charge is -2.04. The van der Waals surface area contributed by atoms with Crippen LogP contribution in [0.15, 0.2) is 24.3 Å². The molecule has 0 spiro atoms. The molecular weight excluding hydrogens is 221 g/mol. The van der Waals surface area contributed by atoms with Crippen molar-refractivity contribution in [1.29, 1.82) is 0 Å². The van der Waals surface area contributed by atoms with Crippen molar-refractivity contribution >= 4 is 5.78 Å². The van der Waals surface area contributed by atoms with Crippen molar-refractivity contribution in [3.8, 4) is 5.69 Å². The Morgan fingerprint density at radius 3 is 2.76 bits per heavy atom. The van der Waals surface area contributed by atoms with Crippen molar-refractivity contribution in [3.63, 3.8) is 0 Å². The minimum absolute atomic E-state index is 0.0925. The molecule has 0 saturated heterocycles. The summed E-state index contributed by atoms with van der Waals surface area (Å²) in [4.78, 5) is 11.6. The van der Waals surface area contributed by atoms with E-state index in [0.29, 0.717) is 23.5 Å². The van der Waals surface area contributed by atoms with Gasteiger partial charge in [0.05, 0.1) is 5.69 Å². The molecule has 0 atom stereocenters. The van der Waals surface area contributed by atoms with Crippen LogP contribution in [0.1, 0.15) is 29.5 Å². The first kappa shape index (κ1) is 11.4. The molecular formula is C12H12FN3O. The van der Waals surface area contributed by atoms with Gasteiger partial charge in [-0.3, -0.25) is 4.79 Å². The smallest absolute Gasteiger partial charge is 0.184 e. The van der Waals surface area contributed by atoms with Gasteiger partial charge in [0.1, 0.15) is 11.5 Å². The number of para-hydroxylation sites is 1. The predicted octanol–water partition coefficient (Wildman–Crippen LogP) is 2.31. The molecule has 88 valence electrons. The summed E-state index contributed by atoms with van der Waals surface area (Å²) in [6, 6.07) is 6.25. The molecule has 0 aliphatic heterocycles. The zero-order valence-corrected chi connectivity index (χ0v) is 9.64. The van der Waals surface area contributed by atoms with Crippen LogP contribution in [-0.2, 0) is 0 Å². The second-order valence-electron chi connectivity index (χ2n) is 3.66. The Morgan fingerprint density at radius 2 is 2.12 bits per heavy atom. The van der Waals surface area contributed by atoms with Crippen LogP contribution in [0.4, 0.5) is 4.39 Å². The topological polar surface area (TPSA) is 47.8 Å². The van der Waals surface area contributed by atoms with Crippen LogP contribution >= 0.6 is 0 Å². The van der Waals surface area contributed by atoms with Gasteiger partial charge < -0.3 is 0 Å². The van der Waals surface area contributed by atoms with Gasteiger partial charge in [0.15, 0.2) is 11.5 Å². The van der Waals surface area contributed by atoms with Gasteiger partial charge in [-0.05, 0) is 19.1 Å². The largest absolute Gasteiger partial charge is 0.292 e. The van der Waals surface area contributed by atoms with Crippen molar-refractivity contribution in [3.05, 3.63) is 41.5 Å². The number of Topliss-reactive ketones (excluding diaryl/α,β-unsaturated/α-hetero) is 1. The monoisotopic (exact) mass is 233 g/mol. The van der Waals surface area contributed by atoms with Crippen molar-refractivity contribution in [2.45, 2.75) is 20.3 Å². The lowest BCUT2D eigenvalue weighted by molar-refractivity contribution is 0.0982. The SMILES string of the molecule is CCC(=O)c1nnn(-c2ccccc2F)c1C. The third kappa shape index (κ3) is 1.95. The Labute approximate surface area is 98.1 Å². The van der Waals surface area contributed by atoms with Crippen LogP contribution < -0.4 is 0 Å². The Bertz CT molecular complexity index is 563. The van der Waals surface area contributed by atoms with Crippen LogP contribution in [-0.4, -0.2) is 20.8 Å². The van der Waals surface area contributed by atoms with E-state index < -0.39 is 5.82 Å². The van der Waals surface area contributed by atoms with E-state index in [2.05, 4.69) is 10.3 Å². The highest BCUT2D eigenvalue weighted by Crippen LogP contribution is 2.16. The molecule has 0 radical (unpaired) electrons. The summed E-state index contributed by atoms with van der Waals surface area (Å²) in [6.45, 7) is 3.46. The number of hydrogen-bond donors (Lipinski definition) is 0. The van der Waals surface area contributed by atoms with E-state index in [-0.39, 0.29) is 5.78 Å². The quantitative estimate of drug-likeness (QED) is 0.764. The molecule has 0 unspecified atom stereocenters. The fourth-order valence-electron chi connectivity index (χ4n) is 1.61. The van der Waals surface area contributed by atoms with Gasteiger partial charge in [0, 0.05) is 6.42 Å². The van der Waals surface area contributed by atoms with Gasteiger partial charge in [-0.25, -0.2) is 9.07 Å². The number of benzene rings is 1. The van der Waals surface area contributed by atoms with E-state index in [1.807, 2.05) is 0 Å². The summed E-state index contributed by atoms with van der Waals surface area (Å²) in [5.41, 5.74) is 1.16. The predicted molar refractivity (Wildman–Crippen MR) is 60.7 cm³/mol. The second-order valence-corrected chi connectivity index (χ2v) is 3.66. The minimum Gasteiger partial charge on any atom is -0.292 e. The maximum absolute atomic E-state index is 13.6. The summed E-state index contributed by atoms with van der Waals surface area (Å²) >= 11 is 0. The van der Waals surface area contributed by atoms with E-state index in [1.54, 1.807) is 32.0 Å². The molecule has 0 amide bonds. The van der Waals surface area contributed by atoms with E-state index in [4.69, 9.17) is 0 Å². The number of ketones is 1. The van der Waals surface area contributed by atoms with E-state index in [1.165, 1.54) is 10.7 Å². The molecule has 0 fully saturated rings. The van der Waals surface area contributed by atoms with Gasteiger partial charge in [-0.1, -0.05) is 24.3 Å². The lowest BCUT2D eigenvalue weighted by atomic mass is 10.2. The van der Waals surface area contributed by atoms with Crippen LogP contribution in [0.5, 0.6) is 0 Å². The van der Waals surface area contributed by atoms with Crippen molar-refractivity contribution in [2.24, 2.45) is 0 Å².